The van der Waals surface area contributed by atoms with Crippen LogP contribution in [-0.4, -0.2) is 20.1 Å². The second kappa shape index (κ2) is 4.83. The van der Waals surface area contributed by atoms with E-state index in [-0.39, 0.29) is 4.90 Å². The summed E-state index contributed by atoms with van der Waals surface area (Å²) in [6, 6.07) is 5.37. The van der Waals surface area contributed by atoms with Gasteiger partial charge in [0.2, 0.25) is 10.0 Å². The molecule has 3 nitrogen and oxygen atoms in total. The molecule has 0 amide bonds. The zero-order chi connectivity index (χ0) is 13.3. The average Bonchev–Trinajstić information content (AvgIpc) is 2.16. The SMILES string of the molecule is Cc1ccc(S(=O)(=O)NC(Cl)C(F)(F)F)cc1. The highest BCUT2D eigenvalue weighted by molar-refractivity contribution is 7.89. The van der Waals surface area contributed by atoms with Crippen molar-refractivity contribution in [3.8, 4) is 0 Å². The minimum absolute atomic E-state index is 0.266. The van der Waals surface area contributed by atoms with Crippen LogP contribution >= 0.6 is 11.6 Å². The van der Waals surface area contributed by atoms with Gasteiger partial charge in [-0.2, -0.15) is 17.9 Å². The van der Waals surface area contributed by atoms with Crippen LogP contribution in [0.2, 0.25) is 0 Å². The fourth-order valence-electron chi connectivity index (χ4n) is 0.988. The van der Waals surface area contributed by atoms with Gasteiger partial charge in [0.15, 0.2) is 5.50 Å². The fourth-order valence-corrected chi connectivity index (χ4v) is 2.38. The largest absolute Gasteiger partial charge is 0.418 e. The van der Waals surface area contributed by atoms with Gasteiger partial charge >= 0.3 is 6.18 Å². The third-order valence-electron chi connectivity index (χ3n) is 1.88. The number of sulfonamides is 1. The van der Waals surface area contributed by atoms with Gasteiger partial charge in [-0.3, -0.25) is 0 Å². The third kappa shape index (κ3) is 3.86. The number of benzene rings is 1. The smallest absolute Gasteiger partial charge is 0.207 e. The van der Waals surface area contributed by atoms with Crippen molar-refractivity contribution in [1.29, 1.82) is 0 Å². The number of hydrogen-bond donors (Lipinski definition) is 1. The molecule has 0 radical (unpaired) electrons. The Balaban J connectivity index is 2.94. The second-order valence-electron chi connectivity index (χ2n) is 3.34. The molecule has 1 rings (SSSR count). The van der Waals surface area contributed by atoms with Crippen molar-refractivity contribution in [3.63, 3.8) is 0 Å². The summed E-state index contributed by atoms with van der Waals surface area (Å²) >= 11 is 4.91. The normalized spacial score (nSPS) is 14.6. The number of nitrogens with one attached hydrogen (secondary N) is 1. The standard InChI is InChI=1S/C9H9ClF3NO2S/c1-6-2-4-7(5-3-6)17(15,16)14-8(10)9(11,12)13/h2-5,8,14H,1H3. The Hall–Kier alpha value is -0.790. The minimum Gasteiger partial charge on any atom is -0.207 e. The zero-order valence-electron chi connectivity index (χ0n) is 8.62. The molecule has 0 bridgehead atoms. The van der Waals surface area contributed by atoms with Gasteiger partial charge in [0, 0.05) is 0 Å². The summed E-state index contributed by atoms with van der Waals surface area (Å²) in [6.45, 7) is 1.73. The van der Waals surface area contributed by atoms with Gasteiger partial charge in [0.1, 0.15) is 0 Å². The van der Waals surface area contributed by atoms with Crippen molar-refractivity contribution in [2.75, 3.05) is 0 Å². The van der Waals surface area contributed by atoms with E-state index in [4.69, 9.17) is 11.6 Å². The Morgan fingerprint density at radius 2 is 1.71 bits per heavy atom. The van der Waals surface area contributed by atoms with Crippen molar-refractivity contribution in [2.45, 2.75) is 23.5 Å². The van der Waals surface area contributed by atoms with E-state index in [0.29, 0.717) is 0 Å². The van der Waals surface area contributed by atoms with Crippen molar-refractivity contribution < 1.29 is 21.6 Å². The van der Waals surface area contributed by atoms with Gasteiger partial charge < -0.3 is 0 Å². The first-order chi connectivity index (χ1) is 7.63. The Morgan fingerprint density at radius 3 is 2.12 bits per heavy atom. The molecule has 1 unspecified atom stereocenters. The molecule has 0 aliphatic heterocycles. The van der Waals surface area contributed by atoms with Crippen molar-refractivity contribution in [2.24, 2.45) is 0 Å². The second-order valence-corrected chi connectivity index (χ2v) is 5.49. The van der Waals surface area contributed by atoms with Crippen LogP contribution < -0.4 is 4.72 Å². The molecule has 17 heavy (non-hydrogen) atoms. The van der Waals surface area contributed by atoms with Gasteiger partial charge in [-0.05, 0) is 19.1 Å². The van der Waals surface area contributed by atoms with Crippen LogP contribution in [0.1, 0.15) is 5.56 Å². The lowest BCUT2D eigenvalue weighted by atomic mass is 10.2. The molecule has 1 aromatic rings. The van der Waals surface area contributed by atoms with Gasteiger partial charge in [-0.1, -0.05) is 29.3 Å². The molecular formula is C9H9ClF3NO2S. The Labute approximate surface area is 102 Å². The summed E-state index contributed by atoms with van der Waals surface area (Å²) in [7, 11) is -4.26. The predicted octanol–water partition coefficient (Wildman–Crippen LogP) is 2.40. The Morgan fingerprint density at radius 1 is 1.24 bits per heavy atom. The van der Waals surface area contributed by atoms with Crippen molar-refractivity contribution in [1.82, 2.24) is 4.72 Å². The lowest BCUT2D eigenvalue weighted by molar-refractivity contribution is -0.132. The van der Waals surface area contributed by atoms with E-state index in [0.717, 1.165) is 5.56 Å². The maximum atomic E-state index is 12.1. The number of alkyl halides is 4. The molecule has 8 heteroatoms. The molecule has 1 atom stereocenters. The summed E-state index contributed by atoms with van der Waals surface area (Å²) in [5.74, 6) is 0. The molecule has 0 aliphatic rings. The third-order valence-corrected chi connectivity index (χ3v) is 3.80. The maximum absolute atomic E-state index is 12.1. The molecule has 1 aromatic carbocycles. The van der Waals surface area contributed by atoms with Gasteiger partial charge in [0.25, 0.3) is 0 Å². The molecule has 0 saturated heterocycles. The number of rotatable bonds is 3. The van der Waals surface area contributed by atoms with Crippen LogP contribution in [0.25, 0.3) is 0 Å². The molecule has 0 heterocycles. The molecule has 96 valence electrons. The highest BCUT2D eigenvalue weighted by atomic mass is 35.5. The predicted molar refractivity (Wildman–Crippen MR) is 57.2 cm³/mol. The van der Waals surface area contributed by atoms with Crippen LogP contribution in [0, 0.1) is 6.92 Å². The number of aryl methyl sites for hydroxylation is 1. The number of halogens is 4. The topological polar surface area (TPSA) is 46.2 Å². The molecule has 0 spiro atoms. The monoisotopic (exact) mass is 287 g/mol. The van der Waals surface area contributed by atoms with Gasteiger partial charge in [-0.15, -0.1) is 0 Å². The molecule has 0 aromatic heterocycles. The highest BCUT2D eigenvalue weighted by Crippen LogP contribution is 2.24. The van der Waals surface area contributed by atoms with Crippen molar-refractivity contribution in [3.05, 3.63) is 29.8 Å². The van der Waals surface area contributed by atoms with E-state index in [9.17, 15) is 21.6 Å². The van der Waals surface area contributed by atoms with Gasteiger partial charge in [0.05, 0.1) is 4.90 Å². The molecular weight excluding hydrogens is 279 g/mol. The van der Waals surface area contributed by atoms with E-state index in [1.807, 2.05) is 0 Å². The minimum atomic E-state index is -4.83. The highest BCUT2D eigenvalue weighted by Gasteiger charge is 2.41. The summed E-state index contributed by atoms with van der Waals surface area (Å²) in [5.41, 5.74) is -1.85. The molecule has 1 N–H and O–H groups in total. The van der Waals surface area contributed by atoms with Gasteiger partial charge in [-0.25, -0.2) is 8.42 Å². The summed E-state index contributed by atoms with van der Waals surface area (Å²) in [5, 5.41) is 0. The first-order valence-corrected chi connectivity index (χ1v) is 6.35. The Bertz CT molecular complexity index is 484. The van der Waals surface area contributed by atoms with E-state index >= 15 is 0 Å². The van der Waals surface area contributed by atoms with Crippen LogP contribution in [0.5, 0.6) is 0 Å². The Kier molecular flexibility index (Phi) is 4.06. The first kappa shape index (κ1) is 14.3. The average molecular weight is 288 g/mol. The first-order valence-electron chi connectivity index (χ1n) is 4.43. The van der Waals surface area contributed by atoms with E-state index in [1.165, 1.54) is 29.0 Å². The van der Waals surface area contributed by atoms with Crippen LogP contribution in [-0.2, 0) is 10.0 Å². The summed E-state index contributed by atoms with van der Waals surface area (Å²) in [6.07, 6.45) is -4.83. The fraction of sp³-hybridized carbons (Fsp3) is 0.333. The van der Waals surface area contributed by atoms with E-state index in [1.54, 1.807) is 6.92 Å². The van der Waals surface area contributed by atoms with E-state index in [2.05, 4.69) is 0 Å². The lowest BCUT2D eigenvalue weighted by Gasteiger charge is -2.15. The van der Waals surface area contributed by atoms with Crippen LogP contribution in [0.15, 0.2) is 29.2 Å². The summed E-state index contributed by atoms with van der Waals surface area (Å²) in [4.78, 5) is -0.266. The van der Waals surface area contributed by atoms with Crippen LogP contribution in [0.3, 0.4) is 0 Å². The quantitative estimate of drug-likeness (QED) is 0.685. The molecule has 0 saturated carbocycles. The maximum Gasteiger partial charge on any atom is 0.418 e. The molecule has 0 aliphatic carbocycles. The van der Waals surface area contributed by atoms with Crippen molar-refractivity contribution >= 4 is 21.6 Å². The summed E-state index contributed by atoms with van der Waals surface area (Å²) < 4.78 is 60.7. The number of hydrogen-bond acceptors (Lipinski definition) is 2. The zero-order valence-corrected chi connectivity index (χ0v) is 10.2. The van der Waals surface area contributed by atoms with E-state index < -0.39 is 21.7 Å². The lowest BCUT2D eigenvalue weighted by Crippen LogP contribution is -2.41. The van der Waals surface area contributed by atoms with Crippen LogP contribution in [0.4, 0.5) is 13.2 Å². The molecule has 0 fully saturated rings.